The number of amides is 1. The summed E-state index contributed by atoms with van der Waals surface area (Å²) >= 11 is 0. The summed E-state index contributed by atoms with van der Waals surface area (Å²) in [7, 11) is 1.93. The van der Waals surface area contributed by atoms with Crippen LogP contribution in [0.2, 0.25) is 0 Å². The Bertz CT molecular complexity index is 1010. The fourth-order valence-corrected chi connectivity index (χ4v) is 4.03. The molecule has 0 radical (unpaired) electrons. The molecule has 3 aromatic rings. The van der Waals surface area contributed by atoms with E-state index >= 15 is 0 Å². The molecule has 30 heavy (non-hydrogen) atoms. The molecule has 152 valence electrons. The van der Waals surface area contributed by atoms with E-state index in [2.05, 4.69) is 47.0 Å². The summed E-state index contributed by atoms with van der Waals surface area (Å²) in [4.78, 5) is 12.2. The van der Waals surface area contributed by atoms with E-state index in [1.165, 1.54) is 27.8 Å². The normalized spacial score (nSPS) is 12.6. The standard InChI is InChI=1S/C26H26N2O2/c1-27-17-20-10-3-2-9-19(20)11-8-16-28-26(29)30-18-25-23-14-6-4-12-21(23)22-13-5-7-15-24(22)25/h2-15,25,27H,16-18H2,1H3,(H,28,29). The van der Waals surface area contributed by atoms with Gasteiger partial charge in [0.05, 0.1) is 0 Å². The molecule has 3 aromatic carbocycles. The van der Waals surface area contributed by atoms with E-state index in [4.69, 9.17) is 4.74 Å². The van der Waals surface area contributed by atoms with Crippen LogP contribution >= 0.6 is 0 Å². The molecule has 1 aliphatic carbocycles. The Morgan fingerprint density at radius 3 is 2.27 bits per heavy atom. The van der Waals surface area contributed by atoms with Gasteiger partial charge in [-0.05, 0) is 40.4 Å². The van der Waals surface area contributed by atoms with Gasteiger partial charge in [0.2, 0.25) is 0 Å². The number of ether oxygens (including phenoxy) is 1. The van der Waals surface area contributed by atoms with Crippen molar-refractivity contribution in [2.24, 2.45) is 0 Å². The maximum absolute atomic E-state index is 12.2. The zero-order valence-corrected chi connectivity index (χ0v) is 17.1. The van der Waals surface area contributed by atoms with Crippen LogP contribution < -0.4 is 10.6 Å². The van der Waals surface area contributed by atoms with E-state index in [1.807, 2.05) is 55.6 Å². The number of rotatable bonds is 7. The van der Waals surface area contributed by atoms with E-state index in [0.29, 0.717) is 13.2 Å². The lowest BCUT2D eigenvalue weighted by Crippen LogP contribution is -2.26. The SMILES string of the molecule is CNCc1ccccc1C=CCNC(=O)OCC1c2ccccc2-c2ccccc21. The topological polar surface area (TPSA) is 50.4 Å². The Morgan fingerprint density at radius 1 is 0.933 bits per heavy atom. The van der Waals surface area contributed by atoms with Gasteiger partial charge < -0.3 is 15.4 Å². The van der Waals surface area contributed by atoms with Crippen LogP contribution in [0.5, 0.6) is 0 Å². The second-order valence-corrected chi connectivity index (χ2v) is 7.34. The molecule has 2 N–H and O–H groups in total. The average Bonchev–Trinajstić information content (AvgIpc) is 3.10. The van der Waals surface area contributed by atoms with E-state index in [1.54, 1.807) is 0 Å². The predicted molar refractivity (Wildman–Crippen MR) is 121 cm³/mol. The Balaban J connectivity index is 1.33. The summed E-state index contributed by atoms with van der Waals surface area (Å²) in [5, 5.41) is 5.98. The van der Waals surface area contributed by atoms with Crippen molar-refractivity contribution < 1.29 is 9.53 Å². The largest absolute Gasteiger partial charge is 0.449 e. The summed E-state index contributed by atoms with van der Waals surface area (Å²) in [5.41, 5.74) is 7.24. The lowest BCUT2D eigenvalue weighted by atomic mass is 9.98. The number of hydrogen-bond acceptors (Lipinski definition) is 3. The first-order valence-electron chi connectivity index (χ1n) is 10.3. The highest BCUT2D eigenvalue weighted by Crippen LogP contribution is 2.44. The zero-order valence-electron chi connectivity index (χ0n) is 17.1. The molecule has 0 spiro atoms. The van der Waals surface area contributed by atoms with Crippen LogP contribution in [0.3, 0.4) is 0 Å². The van der Waals surface area contributed by atoms with Crippen LogP contribution in [0, 0.1) is 0 Å². The molecule has 4 nitrogen and oxygen atoms in total. The highest BCUT2D eigenvalue weighted by Gasteiger charge is 2.28. The maximum atomic E-state index is 12.2. The minimum atomic E-state index is -0.398. The third-order valence-corrected chi connectivity index (χ3v) is 5.43. The van der Waals surface area contributed by atoms with Gasteiger partial charge in [-0.2, -0.15) is 0 Å². The molecule has 4 heteroatoms. The number of fused-ring (bicyclic) bond motifs is 3. The highest BCUT2D eigenvalue weighted by atomic mass is 16.5. The predicted octanol–water partition coefficient (Wildman–Crippen LogP) is 4.96. The molecule has 1 aliphatic rings. The third kappa shape index (κ3) is 4.29. The highest BCUT2D eigenvalue weighted by molar-refractivity contribution is 5.79. The van der Waals surface area contributed by atoms with Crippen molar-refractivity contribution in [3.63, 3.8) is 0 Å². The molecule has 0 heterocycles. The summed E-state index contributed by atoms with van der Waals surface area (Å²) in [5.74, 6) is 0.0760. The Kier molecular flexibility index (Phi) is 6.26. The van der Waals surface area contributed by atoms with Crippen molar-refractivity contribution in [1.82, 2.24) is 10.6 Å². The fraction of sp³-hybridized carbons (Fsp3) is 0.192. The number of alkyl carbamates (subject to hydrolysis) is 1. The van der Waals surface area contributed by atoms with Crippen molar-refractivity contribution in [3.8, 4) is 11.1 Å². The molecule has 0 atom stereocenters. The van der Waals surface area contributed by atoms with Crippen LogP contribution in [0.1, 0.15) is 28.2 Å². The molecular formula is C26H26N2O2. The van der Waals surface area contributed by atoms with Gasteiger partial charge in [-0.15, -0.1) is 0 Å². The minimum absolute atomic E-state index is 0.0760. The van der Waals surface area contributed by atoms with E-state index < -0.39 is 6.09 Å². The van der Waals surface area contributed by atoms with Crippen molar-refractivity contribution in [3.05, 3.63) is 101 Å². The molecule has 0 saturated carbocycles. The van der Waals surface area contributed by atoms with Gasteiger partial charge in [-0.1, -0.05) is 84.9 Å². The average molecular weight is 399 g/mol. The number of benzene rings is 3. The molecule has 0 aromatic heterocycles. The minimum Gasteiger partial charge on any atom is -0.449 e. The molecule has 0 unspecified atom stereocenters. The van der Waals surface area contributed by atoms with Gasteiger partial charge in [-0.3, -0.25) is 0 Å². The molecule has 4 rings (SSSR count). The van der Waals surface area contributed by atoms with Gasteiger partial charge in [-0.25, -0.2) is 4.79 Å². The first kappa shape index (κ1) is 19.9. The second-order valence-electron chi connectivity index (χ2n) is 7.34. The molecule has 0 saturated heterocycles. The van der Waals surface area contributed by atoms with E-state index in [9.17, 15) is 4.79 Å². The second kappa shape index (κ2) is 9.42. The van der Waals surface area contributed by atoms with E-state index in [-0.39, 0.29) is 5.92 Å². The quantitative estimate of drug-likeness (QED) is 0.592. The van der Waals surface area contributed by atoms with E-state index in [0.717, 1.165) is 12.1 Å². The zero-order chi connectivity index (χ0) is 20.8. The molecule has 0 aliphatic heterocycles. The number of nitrogens with one attached hydrogen (secondary N) is 2. The van der Waals surface area contributed by atoms with Crippen molar-refractivity contribution in [2.75, 3.05) is 20.2 Å². The van der Waals surface area contributed by atoms with Crippen molar-refractivity contribution >= 4 is 12.2 Å². The Morgan fingerprint density at radius 2 is 1.57 bits per heavy atom. The smallest absolute Gasteiger partial charge is 0.407 e. The van der Waals surface area contributed by atoms with Gasteiger partial charge in [0.1, 0.15) is 6.61 Å². The number of hydrogen-bond donors (Lipinski definition) is 2. The van der Waals surface area contributed by atoms with Crippen LogP contribution in [-0.4, -0.2) is 26.3 Å². The summed E-state index contributed by atoms with van der Waals surface area (Å²) in [6.45, 7) is 1.56. The van der Waals surface area contributed by atoms with Crippen molar-refractivity contribution in [1.29, 1.82) is 0 Å². The molecule has 1 amide bonds. The van der Waals surface area contributed by atoms with Crippen LogP contribution in [-0.2, 0) is 11.3 Å². The molecular weight excluding hydrogens is 372 g/mol. The molecule has 0 bridgehead atoms. The molecule has 0 fully saturated rings. The maximum Gasteiger partial charge on any atom is 0.407 e. The first-order chi connectivity index (χ1) is 14.8. The fourth-order valence-electron chi connectivity index (χ4n) is 4.03. The van der Waals surface area contributed by atoms with Gasteiger partial charge in [0, 0.05) is 19.0 Å². The third-order valence-electron chi connectivity index (χ3n) is 5.43. The summed E-state index contributed by atoms with van der Waals surface area (Å²) in [6, 6.07) is 24.9. The lowest BCUT2D eigenvalue weighted by Gasteiger charge is -2.14. The first-order valence-corrected chi connectivity index (χ1v) is 10.3. The van der Waals surface area contributed by atoms with Crippen molar-refractivity contribution in [2.45, 2.75) is 12.5 Å². The Labute approximate surface area is 177 Å². The number of carbonyl (C=O) groups is 1. The summed E-state index contributed by atoms with van der Waals surface area (Å²) in [6.07, 6.45) is 3.57. The Hall–Kier alpha value is -3.37. The van der Waals surface area contributed by atoms with Gasteiger partial charge in [0.25, 0.3) is 0 Å². The van der Waals surface area contributed by atoms with Gasteiger partial charge >= 0.3 is 6.09 Å². The summed E-state index contributed by atoms with van der Waals surface area (Å²) < 4.78 is 5.56. The lowest BCUT2D eigenvalue weighted by molar-refractivity contribution is 0.144. The number of carbonyl (C=O) groups excluding carboxylic acids is 1. The van der Waals surface area contributed by atoms with Crippen LogP contribution in [0.15, 0.2) is 78.9 Å². The van der Waals surface area contributed by atoms with Gasteiger partial charge in [0.15, 0.2) is 0 Å². The van der Waals surface area contributed by atoms with Crippen LogP contribution in [0.25, 0.3) is 17.2 Å². The monoisotopic (exact) mass is 398 g/mol. The van der Waals surface area contributed by atoms with Crippen LogP contribution in [0.4, 0.5) is 4.79 Å².